The van der Waals surface area contributed by atoms with Crippen molar-refractivity contribution in [2.75, 3.05) is 12.0 Å². The molecule has 1 fully saturated rings. The SMILES string of the molecule is COc1cccc([C@@H]2[C@@H](C(=O)c3ccccc3)N3c4ccc5ccccc5c4C=C[C@@H]3C2(C#N)C#N)c1. The Morgan fingerprint density at radius 2 is 1.68 bits per heavy atom. The molecule has 2 aliphatic rings. The molecule has 0 N–H and O–H groups in total. The number of nitriles is 2. The Balaban J connectivity index is 1.65. The van der Waals surface area contributed by atoms with Crippen molar-refractivity contribution in [1.82, 2.24) is 0 Å². The number of rotatable bonds is 4. The summed E-state index contributed by atoms with van der Waals surface area (Å²) in [7, 11) is 1.58. The van der Waals surface area contributed by atoms with E-state index < -0.39 is 23.4 Å². The zero-order chi connectivity index (χ0) is 25.6. The van der Waals surface area contributed by atoms with E-state index in [1.807, 2.05) is 83.8 Å². The number of carbonyl (C=O) groups is 1. The first kappa shape index (κ1) is 22.6. The van der Waals surface area contributed by atoms with Gasteiger partial charge in [0.15, 0.2) is 11.2 Å². The van der Waals surface area contributed by atoms with Gasteiger partial charge in [0.2, 0.25) is 0 Å². The van der Waals surface area contributed by atoms with Crippen molar-refractivity contribution in [2.24, 2.45) is 5.41 Å². The Morgan fingerprint density at radius 3 is 2.43 bits per heavy atom. The molecule has 0 bridgehead atoms. The van der Waals surface area contributed by atoms with Crippen LogP contribution in [0.25, 0.3) is 16.8 Å². The number of nitrogens with zero attached hydrogens (tertiary/aromatic N) is 3. The van der Waals surface area contributed by atoms with E-state index in [0.717, 1.165) is 27.6 Å². The minimum absolute atomic E-state index is 0.125. The van der Waals surface area contributed by atoms with Gasteiger partial charge in [0, 0.05) is 22.7 Å². The van der Waals surface area contributed by atoms with Crippen LogP contribution in [0.2, 0.25) is 0 Å². The normalized spacial score (nSPS) is 20.9. The second-order valence-electron chi connectivity index (χ2n) is 9.45. The van der Waals surface area contributed by atoms with Gasteiger partial charge in [0.25, 0.3) is 0 Å². The Bertz CT molecular complexity index is 1630. The standard InChI is InChI=1S/C32H23N3O2/c1-37-24-12-7-11-23(18-24)29-30(31(36)22-9-3-2-4-10-22)35-27-16-14-21-8-5-6-13-25(21)26(27)15-17-28(35)32(29,19-33)20-34/h2-18,28-30H,1H3/t28-,29-,30+/m1/s1. The molecule has 0 aromatic heterocycles. The highest BCUT2D eigenvalue weighted by atomic mass is 16.5. The molecule has 4 aromatic rings. The fourth-order valence-electron chi connectivity index (χ4n) is 6.03. The number of anilines is 1. The third kappa shape index (κ3) is 3.25. The molecule has 0 saturated carbocycles. The molecule has 0 radical (unpaired) electrons. The molecule has 5 nitrogen and oxygen atoms in total. The third-order valence-corrected chi connectivity index (χ3v) is 7.69. The van der Waals surface area contributed by atoms with Gasteiger partial charge in [0.05, 0.1) is 25.3 Å². The molecule has 6 rings (SSSR count). The topological polar surface area (TPSA) is 77.1 Å². The lowest BCUT2D eigenvalue weighted by molar-refractivity contribution is 0.0951. The Kier molecular flexibility index (Phi) is 5.29. The monoisotopic (exact) mass is 481 g/mol. The zero-order valence-corrected chi connectivity index (χ0v) is 20.2. The van der Waals surface area contributed by atoms with E-state index in [2.05, 4.69) is 24.3 Å². The van der Waals surface area contributed by atoms with Crippen LogP contribution in [0.4, 0.5) is 5.69 Å². The number of ether oxygens (including phenoxy) is 1. The maximum absolute atomic E-state index is 14.3. The lowest BCUT2D eigenvalue weighted by atomic mass is 9.69. The average Bonchev–Trinajstić information content (AvgIpc) is 3.28. The number of Topliss-reactive ketones (excluding diaryl/α,β-unsaturated/α-hetero) is 1. The molecule has 5 heteroatoms. The van der Waals surface area contributed by atoms with Gasteiger partial charge in [-0.15, -0.1) is 0 Å². The van der Waals surface area contributed by atoms with Crippen LogP contribution >= 0.6 is 0 Å². The molecule has 0 aliphatic carbocycles. The van der Waals surface area contributed by atoms with Gasteiger partial charge in [-0.2, -0.15) is 10.5 Å². The van der Waals surface area contributed by atoms with E-state index in [0.29, 0.717) is 11.3 Å². The summed E-state index contributed by atoms with van der Waals surface area (Å²) < 4.78 is 5.48. The van der Waals surface area contributed by atoms with Crippen LogP contribution < -0.4 is 9.64 Å². The number of ketones is 1. The quantitative estimate of drug-likeness (QED) is 0.328. The highest BCUT2D eigenvalue weighted by molar-refractivity contribution is 6.06. The summed E-state index contributed by atoms with van der Waals surface area (Å²) in [6.45, 7) is 0. The molecule has 37 heavy (non-hydrogen) atoms. The van der Waals surface area contributed by atoms with E-state index in [1.54, 1.807) is 19.2 Å². The van der Waals surface area contributed by atoms with Crippen molar-refractivity contribution in [2.45, 2.75) is 18.0 Å². The van der Waals surface area contributed by atoms with E-state index >= 15 is 0 Å². The molecule has 0 unspecified atom stereocenters. The number of hydrogen-bond acceptors (Lipinski definition) is 5. The number of benzene rings is 4. The summed E-state index contributed by atoms with van der Waals surface area (Å²) in [5.41, 5.74) is 1.60. The summed E-state index contributed by atoms with van der Waals surface area (Å²) in [5, 5.41) is 23.4. The zero-order valence-electron chi connectivity index (χ0n) is 20.2. The second-order valence-corrected chi connectivity index (χ2v) is 9.45. The van der Waals surface area contributed by atoms with Gasteiger partial charge < -0.3 is 9.64 Å². The number of carbonyl (C=O) groups excluding carboxylic acids is 1. The summed E-state index contributed by atoms with van der Waals surface area (Å²) in [5.74, 6) is -0.224. The van der Waals surface area contributed by atoms with Crippen LogP contribution in [-0.4, -0.2) is 25.0 Å². The summed E-state index contributed by atoms with van der Waals surface area (Å²) in [6, 6.07) is 32.0. The summed E-state index contributed by atoms with van der Waals surface area (Å²) in [4.78, 5) is 16.3. The fraction of sp³-hybridized carbons (Fsp3) is 0.156. The smallest absolute Gasteiger partial charge is 0.185 e. The minimum atomic E-state index is -1.50. The van der Waals surface area contributed by atoms with Gasteiger partial charge in [-0.1, -0.05) is 84.9 Å². The van der Waals surface area contributed by atoms with Crippen LogP contribution in [0.5, 0.6) is 5.75 Å². The number of methoxy groups -OCH3 is 1. The highest BCUT2D eigenvalue weighted by Gasteiger charge is 2.63. The van der Waals surface area contributed by atoms with Gasteiger partial charge in [0.1, 0.15) is 11.8 Å². The van der Waals surface area contributed by atoms with Gasteiger partial charge in [-0.25, -0.2) is 0 Å². The van der Waals surface area contributed by atoms with Gasteiger partial charge in [-0.05, 0) is 34.5 Å². The highest BCUT2D eigenvalue weighted by Crippen LogP contribution is 2.56. The number of hydrogen-bond donors (Lipinski definition) is 0. The molecule has 0 amide bonds. The van der Waals surface area contributed by atoms with E-state index in [4.69, 9.17) is 4.74 Å². The molecule has 2 aliphatic heterocycles. The first-order valence-electron chi connectivity index (χ1n) is 12.2. The van der Waals surface area contributed by atoms with E-state index in [1.165, 1.54) is 0 Å². The van der Waals surface area contributed by atoms with E-state index in [9.17, 15) is 15.3 Å². The molecule has 178 valence electrons. The maximum atomic E-state index is 14.3. The molecule has 2 heterocycles. The van der Waals surface area contributed by atoms with Crippen molar-refractivity contribution in [3.05, 3.63) is 114 Å². The van der Waals surface area contributed by atoms with Crippen molar-refractivity contribution >= 4 is 28.3 Å². The van der Waals surface area contributed by atoms with Crippen molar-refractivity contribution in [3.8, 4) is 17.9 Å². The lowest BCUT2D eigenvalue weighted by Gasteiger charge is -2.36. The first-order valence-corrected chi connectivity index (χ1v) is 12.2. The molecular formula is C32H23N3O2. The van der Waals surface area contributed by atoms with Crippen LogP contribution in [0.1, 0.15) is 27.4 Å². The molecule has 4 aromatic carbocycles. The van der Waals surface area contributed by atoms with E-state index in [-0.39, 0.29) is 5.78 Å². The third-order valence-electron chi connectivity index (χ3n) is 7.69. The maximum Gasteiger partial charge on any atom is 0.185 e. The Labute approximate surface area is 215 Å². The van der Waals surface area contributed by atoms with Gasteiger partial charge >= 0.3 is 0 Å². The molecule has 0 spiro atoms. The van der Waals surface area contributed by atoms with Crippen LogP contribution in [0.3, 0.4) is 0 Å². The second kappa shape index (κ2) is 8.66. The predicted octanol–water partition coefficient (Wildman–Crippen LogP) is 6.13. The Morgan fingerprint density at radius 1 is 0.919 bits per heavy atom. The summed E-state index contributed by atoms with van der Waals surface area (Å²) in [6.07, 6.45) is 3.92. The number of fused-ring (bicyclic) bond motifs is 5. The van der Waals surface area contributed by atoms with Crippen molar-refractivity contribution in [3.63, 3.8) is 0 Å². The van der Waals surface area contributed by atoms with Gasteiger partial charge in [-0.3, -0.25) is 4.79 Å². The van der Waals surface area contributed by atoms with Crippen LogP contribution in [0.15, 0.2) is 97.1 Å². The average molecular weight is 482 g/mol. The Hall–Kier alpha value is -4.87. The molecule has 3 atom stereocenters. The largest absolute Gasteiger partial charge is 0.497 e. The van der Waals surface area contributed by atoms with Crippen LogP contribution in [0, 0.1) is 28.1 Å². The lowest BCUT2D eigenvalue weighted by Crippen LogP contribution is -2.44. The first-order chi connectivity index (χ1) is 18.1. The predicted molar refractivity (Wildman–Crippen MR) is 143 cm³/mol. The fourth-order valence-corrected chi connectivity index (χ4v) is 6.03. The van der Waals surface area contributed by atoms with Crippen LogP contribution in [-0.2, 0) is 0 Å². The van der Waals surface area contributed by atoms with Crippen molar-refractivity contribution < 1.29 is 9.53 Å². The molecular weight excluding hydrogens is 458 g/mol. The molecule has 1 saturated heterocycles. The summed E-state index contributed by atoms with van der Waals surface area (Å²) >= 11 is 0. The van der Waals surface area contributed by atoms with Crippen molar-refractivity contribution in [1.29, 1.82) is 10.5 Å². The minimum Gasteiger partial charge on any atom is -0.497 e.